The van der Waals surface area contributed by atoms with E-state index in [0.717, 1.165) is 12.8 Å². The lowest BCUT2D eigenvalue weighted by Gasteiger charge is -2.18. The number of hydrogen-bond donors (Lipinski definition) is 1. The fourth-order valence-electron chi connectivity index (χ4n) is 2.72. The largest absolute Gasteiger partial charge is 0.321 e. The Kier molecular flexibility index (Phi) is 5.79. The Bertz CT molecular complexity index is 958. The molecule has 0 aliphatic carbocycles. The fourth-order valence-corrected chi connectivity index (χ4v) is 5.25. The summed E-state index contributed by atoms with van der Waals surface area (Å²) in [5.74, 6) is -0.572. The molecule has 0 atom stereocenters. The molecule has 3 rings (SSSR count). The molecule has 0 saturated carbocycles. The number of hydrogen-bond acceptors (Lipinski definition) is 3. The van der Waals surface area contributed by atoms with E-state index in [1.807, 2.05) is 0 Å². The zero-order chi connectivity index (χ0) is 18.9. The number of amides is 1. The van der Waals surface area contributed by atoms with E-state index >= 15 is 0 Å². The van der Waals surface area contributed by atoms with Gasteiger partial charge >= 0.3 is 0 Å². The summed E-state index contributed by atoms with van der Waals surface area (Å²) in [6, 6.07) is 9.19. The summed E-state index contributed by atoms with van der Waals surface area (Å²) in [5.41, 5.74) is 0.405. The second-order valence-electron chi connectivity index (χ2n) is 5.81. The van der Waals surface area contributed by atoms with Gasteiger partial charge in [0.25, 0.3) is 5.91 Å². The number of halogens is 3. The number of benzene rings is 2. The third-order valence-electron chi connectivity index (χ3n) is 4.07. The van der Waals surface area contributed by atoms with Crippen molar-refractivity contribution < 1.29 is 13.2 Å². The molecule has 9 heteroatoms. The van der Waals surface area contributed by atoms with Crippen molar-refractivity contribution in [2.75, 3.05) is 18.4 Å². The molecule has 1 fully saturated rings. The molecule has 5 nitrogen and oxygen atoms in total. The molecule has 1 heterocycles. The number of nitrogens with zero attached hydrogens (tertiary/aromatic N) is 1. The van der Waals surface area contributed by atoms with E-state index in [9.17, 15) is 13.2 Å². The van der Waals surface area contributed by atoms with Crippen molar-refractivity contribution in [3.05, 3.63) is 57.0 Å². The Morgan fingerprint density at radius 1 is 0.962 bits per heavy atom. The van der Waals surface area contributed by atoms with Gasteiger partial charge in [-0.1, -0.05) is 46.9 Å². The van der Waals surface area contributed by atoms with Crippen molar-refractivity contribution in [3.8, 4) is 0 Å². The van der Waals surface area contributed by atoms with Crippen LogP contribution >= 0.6 is 34.8 Å². The molecule has 2 aromatic rings. The van der Waals surface area contributed by atoms with E-state index in [1.165, 1.54) is 16.4 Å². The van der Waals surface area contributed by atoms with E-state index < -0.39 is 15.9 Å². The van der Waals surface area contributed by atoms with Crippen LogP contribution in [0.1, 0.15) is 23.2 Å². The number of carbonyl (C=O) groups excluding carboxylic acids is 1. The Morgan fingerprint density at radius 2 is 1.62 bits per heavy atom. The summed E-state index contributed by atoms with van der Waals surface area (Å²) >= 11 is 18.3. The van der Waals surface area contributed by atoms with Crippen LogP contribution in [0.25, 0.3) is 0 Å². The third kappa shape index (κ3) is 3.85. The predicted octanol–water partition coefficient (Wildman–Crippen LogP) is 4.68. The molecule has 1 aliphatic rings. The van der Waals surface area contributed by atoms with E-state index in [2.05, 4.69) is 5.32 Å². The summed E-state index contributed by atoms with van der Waals surface area (Å²) in [6.07, 6.45) is 1.59. The maximum Gasteiger partial charge on any atom is 0.257 e. The normalized spacial score (nSPS) is 15.2. The van der Waals surface area contributed by atoms with Crippen LogP contribution in [-0.2, 0) is 10.0 Å². The van der Waals surface area contributed by atoms with E-state index in [1.54, 1.807) is 24.3 Å². The van der Waals surface area contributed by atoms with Gasteiger partial charge in [0.15, 0.2) is 0 Å². The van der Waals surface area contributed by atoms with Gasteiger partial charge in [0, 0.05) is 13.1 Å². The van der Waals surface area contributed by atoms with Crippen molar-refractivity contribution in [1.29, 1.82) is 0 Å². The van der Waals surface area contributed by atoms with Gasteiger partial charge in [-0.3, -0.25) is 4.79 Å². The molecule has 138 valence electrons. The van der Waals surface area contributed by atoms with E-state index in [4.69, 9.17) is 34.8 Å². The first kappa shape index (κ1) is 19.5. The second kappa shape index (κ2) is 7.74. The quantitative estimate of drug-likeness (QED) is 0.761. The highest BCUT2D eigenvalue weighted by atomic mass is 35.5. The Hall–Kier alpha value is -1.31. The zero-order valence-corrected chi connectivity index (χ0v) is 16.6. The Labute approximate surface area is 166 Å². The van der Waals surface area contributed by atoms with Gasteiger partial charge in [-0.25, -0.2) is 8.42 Å². The molecule has 1 saturated heterocycles. The van der Waals surface area contributed by atoms with Gasteiger partial charge in [0.2, 0.25) is 10.0 Å². The predicted molar refractivity (Wildman–Crippen MR) is 104 cm³/mol. The Morgan fingerprint density at radius 3 is 2.27 bits per heavy atom. The smallest absolute Gasteiger partial charge is 0.257 e. The average molecular weight is 434 g/mol. The minimum absolute atomic E-state index is 0.00811. The van der Waals surface area contributed by atoms with Crippen molar-refractivity contribution >= 4 is 56.4 Å². The second-order valence-corrected chi connectivity index (χ2v) is 8.94. The number of anilines is 1. The molecular formula is C17H15Cl3N2O3S. The van der Waals surface area contributed by atoms with Gasteiger partial charge < -0.3 is 5.32 Å². The third-order valence-corrected chi connectivity index (χ3v) is 7.08. The van der Waals surface area contributed by atoms with Crippen LogP contribution in [0, 0.1) is 0 Å². The lowest BCUT2D eigenvalue weighted by molar-refractivity contribution is 0.102. The van der Waals surface area contributed by atoms with Gasteiger partial charge in [-0.2, -0.15) is 4.31 Å². The maximum atomic E-state index is 12.8. The molecule has 0 spiro atoms. The topological polar surface area (TPSA) is 66.5 Å². The van der Waals surface area contributed by atoms with Gasteiger partial charge in [-0.05, 0) is 37.1 Å². The molecule has 1 amide bonds. The first-order valence-electron chi connectivity index (χ1n) is 7.86. The van der Waals surface area contributed by atoms with Crippen LogP contribution in [0.4, 0.5) is 5.69 Å². The van der Waals surface area contributed by atoms with Crippen molar-refractivity contribution in [2.24, 2.45) is 0 Å². The molecule has 2 aromatic carbocycles. The highest BCUT2D eigenvalue weighted by molar-refractivity contribution is 7.89. The standard InChI is InChI=1S/C17H15Cl3N2O3S/c18-12-5-1-2-6-15(12)21-17(23)11-9-16(14(20)10-13(11)19)26(24,25)22-7-3-4-8-22/h1-2,5-6,9-10H,3-4,7-8H2,(H,21,23). The van der Waals surface area contributed by atoms with E-state index in [-0.39, 0.29) is 20.5 Å². The molecular weight excluding hydrogens is 419 g/mol. The number of carbonyl (C=O) groups is 1. The molecule has 0 bridgehead atoms. The molecule has 26 heavy (non-hydrogen) atoms. The zero-order valence-electron chi connectivity index (χ0n) is 13.5. The summed E-state index contributed by atoms with van der Waals surface area (Å²) < 4.78 is 27.0. The van der Waals surface area contributed by atoms with Gasteiger partial charge in [0.1, 0.15) is 4.90 Å². The van der Waals surface area contributed by atoms with Crippen LogP contribution in [-0.4, -0.2) is 31.7 Å². The summed E-state index contributed by atoms with van der Waals surface area (Å²) in [5, 5.41) is 3.02. The summed E-state index contributed by atoms with van der Waals surface area (Å²) in [4.78, 5) is 12.5. The maximum absolute atomic E-state index is 12.8. The minimum Gasteiger partial charge on any atom is -0.321 e. The number of para-hydroxylation sites is 1. The molecule has 0 radical (unpaired) electrons. The van der Waals surface area contributed by atoms with Crippen LogP contribution in [0.2, 0.25) is 15.1 Å². The van der Waals surface area contributed by atoms with Crippen molar-refractivity contribution in [3.63, 3.8) is 0 Å². The van der Waals surface area contributed by atoms with Crippen LogP contribution in [0.15, 0.2) is 41.3 Å². The van der Waals surface area contributed by atoms with Crippen LogP contribution < -0.4 is 5.32 Å². The summed E-state index contributed by atoms with van der Waals surface area (Å²) in [7, 11) is -3.79. The number of sulfonamides is 1. The monoisotopic (exact) mass is 432 g/mol. The highest BCUT2D eigenvalue weighted by Gasteiger charge is 2.30. The molecule has 1 N–H and O–H groups in total. The fraction of sp³-hybridized carbons (Fsp3) is 0.235. The SMILES string of the molecule is O=C(Nc1ccccc1Cl)c1cc(S(=O)(=O)N2CCCC2)c(Cl)cc1Cl. The Balaban J connectivity index is 1.98. The molecule has 0 aromatic heterocycles. The van der Waals surface area contributed by atoms with Gasteiger partial charge in [-0.15, -0.1) is 0 Å². The number of rotatable bonds is 4. The average Bonchev–Trinajstić information content (AvgIpc) is 3.12. The minimum atomic E-state index is -3.79. The van der Waals surface area contributed by atoms with Crippen molar-refractivity contribution in [1.82, 2.24) is 4.31 Å². The summed E-state index contributed by atoms with van der Waals surface area (Å²) in [6.45, 7) is 0.866. The van der Waals surface area contributed by atoms with Crippen LogP contribution in [0.3, 0.4) is 0 Å². The van der Waals surface area contributed by atoms with Crippen molar-refractivity contribution in [2.45, 2.75) is 17.7 Å². The molecule has 0 unspecified atom stereocenters. The van der Waals surface area contributed by atoms with E-state index in [0.29, 0.717) is 23.8 Å². The highest BCUT2D eigenvalue weighted by Crippen LogP contribution is 2.32. The lowest BCUT2D eigenvalue weighted by Crippen LogP contribution is -2.28. The van der Waals surface area contributed by atoms with Gasteiger partial charge in [0.05, 0.1) is 26.3 Å². The number of nitrogens with one attached hydrogen (secondary N) is 1. The first-order chi connectivity index (χ1) is 12.3. The lowest BCUT2D eigenvalue weighted by atomic mass is 10.2. The molecule has 1 aliphatic heterocycles. The van der Waals surface area contributed by atoms with Crippen LogP contribution in [0.5, 0.6) is 0 Å². The first-order valence-corrected chi connectivity index (χ1v) is 10.4.